The number of hydrogen-bond acceptors (Lipinski definition) is 3. The highest BCUT2D eigenvalue weighted by Gasteiger charge is 2.23. The molecule has 1 heterocycles. The smallest absolute Gasteiger partial charge is 0.228 e. The van der Waals surface area contributed by atoms with Gasteiger partial charge in [-0.15, -0.1) is 0 Å². The van der Waals surface area contributed by atoms with Crippen LogP contribution in [0.2, 0.25) is 0 Å². The van der Waals surface area contributed by atoms with E-state index in [0.717, 1.165) is 31.2 Å². The second-order valence-electron chi connectivity index (χ2n) is 6.78. The highest BCUT2D eigenvalue weighted by Crippen LogP contribution is 2.30. The molecule has 2 N–H and O–H groups in total. The summed E-state index contributed by atoms with van der Waals surface area (Å²) in [5.74, 6) is 0.785. The molecular weight excluding hydrogens is 274 g/mol. The number of amides is 1. The van der Waals surface area contributed by atoms with Gasteiger partial charge in [-0.3, -0.25) is 9.69 Å². The Morgan fingerprint density at radius 3 is 2.73 bits per heavy atom. The molecule has 122 valence electrons. The molecule has 0 saturated carbocycles. The molecule has 1 unspecified atom stereocenters. The maximum Gasteiger partial charge on any atom is 0.228 e. The van der Waals surface area contributed by atoms with Crippen molar-refractivity contribution < 1.29 is 4.79 Å². The number of benzene rings is 1. The number of nitrogens with one attached hydrogen (secondary N) is 2. The Labute approximate surface area is 134 Å². The van der Waals surface area contributed by atoms with Gasteiger partial charge >= 0.3 is 0 Å². The van der Waals surface area contributed by atoms with Crippen LogP contribution < -0.4 is 10.6 Å². The molecule has 1 aliphatic rings. The first-order chi connectivity index (χ1) is 10.5. The van der Waals surface area contributed by atoms with Crippen LogP contribution in [0.1, 0.15) is 38.3 Å². The van der Waals surface area contributed by atoms with E-state index in [1.165, 1.54) is 17.5 Å². The average Bonchev–Trinajstić information content (AvgIpc) is 2.89. The molecule has 1 aromatic carbocycles. The lowest BCUT2D eigenvalue weighted by Crippen LogP contribution is -2.29. The third kappa shape index (κ3) is 4.31. The number of carbonyl (C=O) groups excluding carboxylic acids is 1. The molecule has 0 saturated heterocycles. The van der Waals surface area contributed by atoms with Crippen molar-refractivity contribution in [2.75, 3.05) is 25.5 Å². The lowest BCUT2D eigenvalue weighted by Gasteiger charge is -2.16. The number of nitrogens with zero attached hydrogens (tertiary/aromatic N) is 1. The molecule has 0 spiro atoms. The van der Waals surface area contributed by atoms with E-state index in [0.29, 0.717) is 6.54 Å². The summed E-state index contributed by atoms with van der Waals surface area (Å²) in [7, 11) is 1.87. The summed E-state index contributed by atoms with van der Waals surface area (Å²) in [5, 5.41) is 6.16. The summed E-state index contributed by atoms with van der Waals surface area (Å²) in [4.78, 5) is 14.7. The molecule has 1 atom stereocenters. The predicted octanol–water partition coefficient (Wildman–Crippen LogP) is 2.84. The molecule has 0 aromatic heterocycles. The standard InChI is InChI=1S/C18H29N3O/c1-13(2)8-9-21-11-15-6-5-7-17(16(15)12-21)20-18(22)14(3)10-19-4/h5-7,13-14,19H,8-12H2,1-4H3,(H,20,22). The van der Waals surface area contributed by atoms with E-state index in [9.17, 15) is 4.79 Å². The van der Waals surface area contributed by atoms with Crippen LogP contribution in [-0.4, -0.2) is 30.9 Å². The molecule has 2 rings (SSSR count). The van der Waals surface area contributed by atoms with Crippen LogP contribution in [0.4, 0.5) is 5.69 Å². The normalized spacial score (nSPS) is 15.9. The zero-order valence-electron chi connectivity index (χ0n) is 14.3. The Kier molecular flexibility index (Phi) is 5.98. The Balaban J connectivity index is 2.02. The van der Waals surface area contributed by atoms with E-state index in [2.05, 4.69) is 35.4 Å². The van der Waals surface area contributed by atoms with Crippen molar-refractivity contribution in [1.29, 1.82) is 0 Å². The molecular formula is C18H29N3O. The second-order valence-corrected chi connectivity index (χ2v) is 6.78. The van der Waals surface area contributed by atoms with Gasteiger partial charge in [0.25, 0.3) is 0 Å². The van der Waals surface area contributed by atoms with Crippen molar-refractivity contribution in [1.82, 2.24) is 10.2 Å². The zero-order valence-corrected chi connectivity index (χ0v) is 14.3. The molecule has 0 aliphatic carbocycles. The van der Waals surface area contributed by atoms with Crippen LogP contribution in [0.5, 0.6) is 0 Å². The minimum atomic E-state index is -0.0284. The molecule has 0 fully saturated rings. The summed E-state index contributed by atoms with van der Waals surface area (Å²) in [6, 6.07) is 6.25. The topological polar surface area (TPSA) is 44.4 Å². The van der Waals surface area contributed by atoms with E-state index in [-0.39, 0.29) is 11.8 Å². The van der Waals surface area contributed by atoms with E-state index < -0.39 is 0 Å². The van der Waals surface area contributed by atoms with Gasteiger partial charge in [-0.1, -0.05) is 32.9 Å². The maximum atomic E-state index is 12.2. The van der Waals surface area contributed by atoms with Gasteiger partial charge in [0.1, 0.15) is 0 Å². The fourth-order valence-electron chi connectivity index (χ4n) is 2.86. The molecule has 4 nitrogen and oxygen atoms in total. The number of carbonyl (C=O) groups is 1. The summed E-state index contributed by atoms with van der Waals surface area (Å²) in [6.07, 6.45) is 1.22. The Bertz CT molecular complexity index is 513. The van der Waals surface area contributed by atoms with Crippen molar-refractivity contribution in [3.63, 3.8) is 0 Å². The van der Waals surface area contributed by atoms with Crippen LogP contribution in [0.3, 0.4) is 0 Å². The molecule has 22 heavy (non-hydrogen) atoms. The summed E-state index contributed by atoms with van der Waals surface area (Å²) >= 11 is 0. The first-order valence-corrected chi connectivity index (χ1v) is 8.29. The summed E-state index contributed by atoms with van der Waals surface area (Å²) in [6.45, 7) is 10.2. The third-order valence-electron chi connectivity index (χ3n) is 4.29. The SMILES string of the molecule is CNCC(C)C(=O)Nc1cccc2c1CN(CCC(C)C)C2. The number of hydrogen-bond donors (Lipinski definition) is 2. The molecule has 0 radical (unpaired) electrons. The number of anilines is 1. The van der Waals surface area contributed by atoms with E-state index in [4.69, 9.17) is 0 Å². The van der Waals surface area contributed by atoms with Crippen LogP contribution in [0.15, 0.2) is 18.2 Å². The van der Waals surface area contributed by atoms with Gasteiger partial charge < -0.3 is 10.6 Å². The molecule has 4 heteroatoms. The predicted molar refractivity (Wildman–Crippen MR) is 91.7 cm³/mol. The van der Waals surface area contributed by atoms with Crippen LogP contribution in [0, 0.1) is 11.8 Å². The van der Waals surface area contributed by atoms with Crippen molar-refractivity contribution in [2.24, 2.45) is 11.8 Å². The fourth-order valence-corrected chi connectivity index (χ4v) is 2.86. The van der Waals surface area contributed by atoms with E-state index >= 15 is 0 Å². The number of rotatable bonds is 7. The molecule has 1 aromatic rings. The Morgan fingerprint density at radius 1 is 1.27 bits per heavy atom. The first-order valence-electron chi connectivity index (χ1n) is 8.29. The first kappa shape index (κ1) is 17.0. The molecule has 0 bridgehead atoms. The van der Waals surface area contributed by atoms with Crippen LogP contribution in [0.25, 0.3) is 0 Å². The highest BCUT2D eigenvalue weighted by atomic mass is 16.1. The van der Waals surface area contributed by atoms with Crippen molar-refractivity contribution in [3.05, 3.63) is 29.3 Å². The molecule has 1 aliphatic heterocycles. The van der Waals surface area contributed by atoms with Crippen molar-refractivity contribution in [2.45, 2.75) is 40.3 Å². The average molecular weight is 303 g/mol. The largest absolute Gasteiger partial charge is 0.326 e. The van der Waals surface area contributed by atoms with Gasteiger partial charge in [0, 0.05) is 31.2 Å². The van der Waals surface area contributed by atoms with Gasteiger partial charge in [-0.2, -0.15) is 0 Å². The fraction of sp³-hybridized carbons (Fsp3) is 0.611. The maximum absolute atomic E-state index is 12.2. The minimum absolute atomic E-state index is 0.0284. The third-order valence-corrected chi connectivity index (χ3v) is 4.29. The van der Waals surface area contributed by atoms with Gasteiger partial charge in [0.15, 0.2) is 0 Å². The van der Waals surface area contributed by atoms with Crippen molar-refractivity contribution in [3.8, 4) is 0 Å². The summed E-state index contributed by atoms with van der Waals surface area (Å²) in [5.41, 5.74) is 3.62. The highest BCUT2D eigenvalue weighted by molar-refractivity contribution is 5.93. The summed E-state index contributed by atoms with van der Waals surface area (Å²) < 4.78 is 0. The van der Waals surface area contributed by atoms with E-state index in [1.807, 2.05) is 26.1 Å². The van der Waals surface area contributed by atoms with Crippen LogP contribution >= 0.6 is 0 Å². The lowest BCUT2D eigenvalue weighted by atomic mass is 10.1. The quantitative estimate of drug-likeness (QED) is 0.814. The lowest BCUT2D eigenvalue weighted by molar-refractivity contribution is -0.119. The van der Waals surface area contributed by atoms with Crippen LogP contribution in [-0.2, 0) is 17.9 Å². The van der Waals surface area contributed by atoms with Gasteiger partial charge in [0.05, 0.1) is 0 Å². The van der Waals surface area contributed by atoms with Gasteiger partial charge in [0.2, 0.25) is 5.91 Å². The second kappa shape index (κ2) is 7.75. The monoisotopic (exact) mass is 303 g/mol. The van der Waals surface area contributed by atoms with Crippen molar-refractivity contribution >= 4 is 11.6 Å². The number of fused-ring (bicyclic) bond motifs is 1. The van der Waals surface area contributed by atoms with Gasteiger partial charge in [-0.25, -0.2) is 0 Å². The van der Waals surface area contributed by atoms with Gasteiger partial charge in [-0.05, 0) is 43.1 Å². The van der Waals surface area contributed by atoms with E-state index in [1.54, 1.807) is 0 Å². The minimum Gasteiger partial charge on any atom is -0.326 e. The Hall–Kier alpha value is -1.39. The zero-order chi connectivity index (χ0) is 16.1. The Morgan fingerprint density at radius 2 is 2.05 bits per heavy atom. The molecule has 1 amide bonds.